The van der Waals surface area contributed by atoms with Gasteiger partial charge in [-0.2, -0.15) is 0 Å². The number of carbonyl (C=O) groups excluding carboxylic acids is 2. The van der Waals surface area contributed by atoms with Crippen molar-refractivity contribution in [3.05, 3.63) is 70.2 Å². The predicted octanol–water partition coefficient (Wildman–Crippen LogP) is 3.44. The molecule has 2 N–H and O–H groups in total. The maximum atomic E-state index is 12.2. The molecule has 3 rings (SSSR count). The Balaban J connectivity index is 1.56. The lowest BCUT2D eigenvalue weighted by Gasteiger charge is -2.06. The average Bonchev–Trinajstić information content (AvgIpc) is 3.07. The number of hydrogen-bond donors (Lipinski definition) is 2. The summed E-state index contributed by atoms with van der Waals surface area (Å²) in [7, 11) is 0. The van der Waals surface area contributed by atoms with Crippen LogP contribution in [0.25, 0.3) is 5.69 Å². The van der Waals surface area contributed by atoms with Crippen molar-refractivity contribution < 1.29 is 9.59 Å². The highest BCUT2D eigenvalue weighted by molar-refractivity contribution is 8.00. The molecule has 0 spiro atoms. The summed E-state index contributed by atoms with van der Waals surface area (Å²) in [6.45, 7) is 1.70. The Hall–Kier alpha value is -2.55. The van der Waals surface area contributed by atoms with E-state index < -0.39 is 5.91 Å². The fraction of sp³-hybridized carbons (Fsp3) is 0.111. The molecule has 0 bridgehead atoms. The van der Waals surface area contributed by atoms with Gasteiger partial charge in [0.1, 0.15) is 5.82 Å². The molecule has 10 heteroatoms. The third kappa shape index (κ3) is 5.03. The summed E-state index contributed by atoms with van der Waals surface area (Å²) in [6, 6.07) is 14.2. The van der Waals surface area contributed by atoms with Gasteiger partial charge in [-0.05, 0) is 43.3 Å². The van der Waals surface area contributed by atoms with Crippen molar-refractivity contribution in [1.29, 1.82) is 0 Å². The second kappa shape index (κ2) is 9.09. The molecule has 1 heterocycles. The molecule has 3 aromatic rings. The number of nitrogens with zero attached hydrogens (tertiary/aromatic N) is 3. The van der Waals surface area contributed by atoms with Gasteiger partial charge in [0.25, 0.3) is 0 Å². The number of benzene rings is 2. The Morgan fingerprint density at radius 3 is 2.50 bits per heavy atom. The van der Waals surface area contributed by atoms with Crippen LogP contribution >= 0.6 is 35.0 Å². The van der Waals surface area contributed by atoms with E-state index in [4.69, 9.17) is 23.2 Å². The summed E-state index contributed by atoms with van der Waals surface area (Å²) in [5.74, 6) is -0.456. The molecule has 2 amide bonds. The first-order valence-corrected chi connectivity index (χ1v) is 9.84. The van der Waals surface area contributed by atoms with E-state index in [0.29, 0.717) is 21.6 Å². The van der Waals surface area contributed by atoms with E-state index in [-0.39, 0.29) is 17.5 Å². The van der Waals surface area contributed by atoms with Crippen molar-refractivity contribution >= 4 is 46.8 Å². The number of para-hydroxylation sites is 1. The Bertz CT molecular complexity index is 1010. The lowest BCUT2D eigenvalue weighted by molar-refractivity contribution is -0.119. The van der Waals surface area contributed by atoms with Crippen LogP contribution in [0.3, 0.4) is 0 Å². The van der Waals surface area contributed by atoms with Crippen molar-refractivity contribution in [2.24, 2.45) is 0 Å². The minimum atomic E-state index is -0.626. The Labute approximate surface area is 175 Å². The smallest absolute Gasteiger partial charge is 0.272 e. The lowest BCUT2D eigenvalue weighted by Crippen LogP contribution is -2.43. The summed E-state index contributed by atoms with van der Waals surface area (Å²) in [5, 5.41) is 5.27. The van der Waals surface area contributed by atoms with Crippen LogP contribution < -0.4 is 10.9 Å². The number of amides is 2. The van der Waals surface area contributed by atoms with Gasteiger partial charge < -0.3 is 0 Å². The zero-order valence-corrected chi connectivity index (χ0v) is 17.0. The second-order valence-corrected chi connectivity index (χ2v) is 7.48. The zero-order valence-electron chi connectivity index (χ0n) is 14.6. The van der Waals surface area contributed by atoms with Gasteiger partial charge in [-0.25, -0.2) is 9.67 Å². The molecule has 0 saturated heterocycles. The molecule has 0 unspecified atom stereocenters. The maximum Gasteiger partial charge on any atom is 0.309 e. The summed E-state index contributed by atoms with van der Waals surface area (Å²) < 4.78 is 1.47. The van der Waals surface area contributed by atoms with E-state index in [2.05, 4.69) is 20.9 Å². The monoisotopic (exact) mass is 435 g/mol. The number of hydrogen-bond acceptors (Lipinski definition) is 5. The van der Waals surface area contributed by atoms with E-state index in [9.17, 15) is 9.59 Å². The van der Waals surface area contributed by atoms with Crippen molar-refractivity contribution in [1.82, 2.24) is 25.6 Å². The SMILES string of the molecule is Cc1nc(C(=O)NNC(=O)CSc2ccc(Cl)cc2)nn1-c1ccccc1Cl. The van der Waals surface area contributed by atoms with Crippen LogP contribution in [0.1, 0.15) is 16.4 Å². The molecule has 0 aliphatic carbocycles. The van der Waals surface area contributed by atoms with E-state index in [1.807, 2.05) is 12.1 Å². The first-order chi connectivity index (χ1) is 13.4. The molecule has 28 heavy (non-hydrogen) atoms. The highest BCUT2D eigenvalue weighted by Gasteiger charge is 2.17. The van der Waals surface area contributed by atoms with Gasteiger partial charge in [0, 0.05) is 9.92 Å². The number of aromatic nitrogens is 3. The molecule has 1 aromatic heterocycles. The molecular formula is C18H15Cl2N5O2S. The van der Waals surface area contributed by atoms with Crippen LogP contribution in [-0.2, 0) is 4.79 Å². The fourth-order valence-electron chi connectivity index (χ4n) is 2.24. The van der Waals surface area contributed by atoms with Gasteiger partial charge in [0.2, 0.25) is 11.7 Å². The van der Waals surface area contributed by atoms with Gasteiger partial charge >= 0.3 is 5.91 Å². The largest absolute Gasteiger partial charge is 0.309 e. The van der Waals surface area contributed by atoms with Gasteiger partial charge in [-0.1, -0.05) is 35.3 Å². The minimum absolute atomic E-state index is 0.0805. The van der Waals surface area contributed by atoms with Gasteiger partial charge in [-0.15, -0.1) is 16.9 Å². The number of aryl methyl sites for hydroxylation is 1. The molecule has 0 aliphatic rings. The number of hydrazine groups is 1. The summed E-state index contributed by atoms with van der Waals surface area (Å²) in [4.78, 5) is 29.2. The van der Waals surface area contributed by atoms with Crippen LogP contribution in [0.4, 0.5) is 0 Å². The number of rotatable bonds is 5. The third-order valence-electron chi connectivity index (χ3n) is 3.55. The third-order valence-corrected chi connectivity index (χ3v) is 5.14. The topological polar surface area (TPSA) is 88.9 Å². The number of nitrogens with one attached hydrogen (secondary N) is 2. The van der Waals surface area contributed by atoms with Crippen LogP contribution in [0, 0.1) is 6.92 Å². The highest BCUT2D eigenvalue weighted by atomic mass is 35.5. The van der Waals surface area contributed by atoms with Crippen molar-refractivity contribution in [3.63, 3.8) is 0 Å². The van der Waals surface area contributed by atoms with Crippen LogP contribution in [-0.4, -0.2) is 32.3 Å². The van der Waals surface area contributed by atoms with Gasteiger partial charge in [-0.3, -0.25) is 20.4 Å². The van der Waals surface area contributed by atoms with E-state index in [1.54, 1.807) is 43.3 Å². The molecule has 2 aromatic carbocycles. The van der Waals surface area contributed by atoms with E-state index >= 15 is 0 Å². The highest BCUT2D eigenvalue weighted by Crippen LogP contribution is 2.21. The maximum absolute atomic E-state index is 12.2. The molecule has 144 valence electrons. The van der Waals surface area contributed by atoms with E-state index in [1.165, 1.54) is 16.4 Å². The quantitative estimate of drug-likeness (QED) is 0.473. The Morgan fingerprint density at radius 2 is 1.79 bits per heavy atom. The van der Waals surface area contributed by atoms with Crippen molar-refractivity contribution in [2.45, 2.75) is 11.8 Å². The van der Waals surface area contributed by atoms with E-state index in [0.717, 1.165) is 4.90 Å². The Morgan fingerprint density at radius 1 is 1.07 bits per heavy atom. The predicted molar refractivity (Wildman–Crippen MR) is 109 cm³/mol. The number of thioether (sulfide) groups is 1. The molecule has 0 atom stereocenters. The van der Waals surface area contributed by atoms with Crippen molar-refractivity contribution in [3.8, 4) is 5.69 Å². The molecule has 0 aliphatic heterocycles. The second-order valence-electron chi connectivity index (χ2n) is 5.59. The van der Waals surface area contributed by atoms with Crippen LogP contribution in [0.15, 0.2) is 53.4 Å². The molecular weight excluding hydrogens is 421 g/mol. The van der Waals surface area contributed by atoms with Crippen LogP contribution in [0.5, 0.6) is 0 Å². The van der Waals surface area contributed by atoms with Crippen LogP contribution in [0.2, 0.25) is 10.0 Å². The summed E-state index contributed by atoms with van der Waals surface area (Å²) >= 11 is 13.3. The van der Waals surface area contributed by atoms with Crippen molar-refractivity contribution in [2.75, 3.05) is 5.75 Å². The van der Waals surface area contributed by atoms with Gasteiger partial charge in [0.15, 0.2) is 0 Å². The Kier molecular flexibility index (Phi) is 6.56. The summed E-state index contributed by atoms with van der Waals surface area (Å²) in [5.41, 5.74) is 5.26. The first kappa shape index (κ1) is 20.2. The zero-order chi connectivity index (χ0) is 20.1. The fourth-order valence-corrected chi connectivity index (χ4v) is 3.28. The molecule has 0 radical (unpaired) electrons. The lowest BCUT2D eigenvalue weighted by atomic mass is 10.3. The van der Waals surface area contributed by atoms with Gasteiger partial charge in [0.05, 0.1) is 16.5 Å². The summed E-state index contributed by atoms with van der Waals surface area (Å²) in [6.07, 6.45) is 0. The number of halogens is 2. The molecule has 0 saturated carbocycles. The number of carbonyl (C=O) groups is 2. The average molecular weight is 436 g/mol. The molecule has 7 nitrogen and oxygen atoms in total. The normalized spacial score (nSPS) is 10.5. The molecule has 0 fully saturated rings. The minimum Gasteiger partial charge on any atom is -0.272 e. The first-order valence-electron chi connectivity index (χ1n) is 8.10. The standard InChI is InChI=1S/C18H15Cl2N5O2S/c1-11-21-17(24-25(11)15-5-3-2-4-14(15)20)18(27)23-22-16(26)10-28-13-8-6-12(19)7-9-13/h2-9H,10H2,1H3,(H,22,26)(H,23,27).